The van der Waals surface area contributed by atoms with Gasteiger partial charge in [0.05, 0.1) is 0 Å². The van der Waals surface area contributed by atoms with Gasteiger partial charge in [-0.15, -0.1) is 0 Å². The predicted octanol–water partition coefficient (Wildman–Crippen LogP) is 5.08. The summed E-state index contributed by atoms with van der Waals surface area (Å²) in [5.74, 6) is 0.832. The van der Waals surface area contributed by atoms with Gasteiger partial charge in [-0.25, -0.2) is 0 Å². The maximum atomic E-state index is 3.76. The third-order valence-corrected chi connectivity index (χ3v) is 5.17. The molecule has 1 N–H and O–H groups in total. The molecule has 0 radical (unpaired) electrons. The molecule has 1 aliphatic carbocycles. The zero-order chi connectivity index (χ0) is 15.9. The van der Waals surface area contributed by atoms with Crippen LogP contribution in [0.2, 0.25) is 0 Å². The van der Waals surface area contributed by atoms with Crippen LogP contribution in [0.15, 0.2) is 24.3 Å². The monoisotopic (exact) mass is 287 g/mol. The Balaban J connectivity index is 2.24. The first kappa shape index (κ1) is 16.5. The second-order valence-corrected chi connectivity index (χ2v) is 9.17. The second-order valence-electron chi connectivity index (χ2n) is 9.17. The van der Waals surface area contributed by atoms with E-state index >= 15 is 0 Å². The maximum Gasteiger partial charge on any atom is 0.00968 e. The molecular formula is C20H33N. The lowest BCUT2D eigenvalue weighted by Gasteiger charge is -2.54. The van der Waals surface area contributed by atoms with Crippen LogP contribution in [0, 0.1) is 18.3 Å². The van der Waals surface area contributed by atoms with Crippen LogP contribution in [0.4, 0.5) is 0 Å². The highest BCUT2D eigenvalue weighted by Gasteiger charge is 2.49. The molecule has 0 amide bonds. The summed E-state index contributed by atoms with van der Waals surface area (Å²) in [6.07, 6.45) is 2.62. The van der Waals surface area contributed by atoms with E-state index in [1.807, 2.05) is 0 Å². The van der Waals surface area contributed by atoms with Crippen LogP contribution >= 0.6 is 0 Å². The SMILES string of the molecule is Cc1ccccc1C1(CNC(C)(C)C)CC(C(C)(C)C)C1. The number of hydrogen-bond acceptors (Lipinski definition) is 1. The van der Waals surface area contributed by atoms with Crippen LogP contribution in [0.25, 0.3) is 0 Å². The van der Waals surface area contributed by atoms with Crippen molar-refractivity contribution in [2.45, 2.75) is 72.3 Å². The number of benzene rings is 1. The molecule has 0 spiro atoms. The van der Waals surface area contributed by atoms with E-state index in [2.05, 4.69) is 78.0 Å². The molecule has 0 saturated heterocycles. The Bertz CT molecular complexity index is 476. The predicted molar refractivity (Wildman–Crippen MR) is 92.8 cm³/mol. The van der Waals surface area contributed by atoms with Crippen molar-refractivity contribution in [2.75, 3.05) is 6.54 Å². The van der Waals surface area contributed by atoms with E-state index in [4.69, 9.17) is 0 Å². The number of hydrogen-bond donors (Lipinski definition) is 1. The highest BCUT2D eigenvalue weighted by molar-refractivity contribution is 5.37. The molecule has 1 aliphatic rings. The molecule has 118 valence electrons. The van der Waals surface area contributed by atoms with Crippen LogP contribution in [-0.4, -0.2) is 12.1 Å². The second kappa shape index (κ2) is 5.43. The largest absolute Gasteiger partial charge is 0.311 e. The van der Waals surface area contributed by atoms with Crippen molar-refractivity contribution in [2.24, 2.45) is 11.3 Å². The molecule has 1 fully saturated rings. The standard InChI is InChI=1S/C20H33N/c1-15-10-8-9-11-17(15)20(14-21-19(5,6)7)12-16(13-20)18(2,3)4/h8-11,16,21H,12-14H2,1-7H3. The van der Waals surface area contributed by atoms with Crippen molar-refractivity contribution in [3.8, 4) is 0 Å². The van der Waals surface area contributed by atoms with Gasteiger partial charge in [-0.05, 0) is 63.0 Å². The summed E-state index contributed by atoms with van der Waals surface area (Å²) in [5.41, 5.74) is 3.94. The zero-order valence-electron chi connectivity index (χ0n) is 15.0. The molecule has 1 nitrogen and oxygen atoms in total. The minimum Gasteiger partial charge on any atom is -0.311 e. The summed E-state index contributed by atoms with van der Waals surface area (Å²) in [7, 11) is 0. The van der Waals surface area contributed by atoms with Gasteiger partial charge in [-0.2, -0.15) is 0 Å². The summed E-state index contributed by atoms with van der Waals surface area (Å²) < 4.78 is 0. The molecule has 0 atom stereocenters. The van der Waals surface area contributed by atoms with Gasteiger partial charge in [0.1, 0.15) is 0 Å². The van der Waals surface area contributed by atoms with Gasteiger partial charge in [0.15, 0.2) is 0 Å². The summed E-state index contributed by atoms with van der Waals surface area (Å²) in [4.78, 5) is 0. The van der Waals surface area contributed by atoms with Gasteiger partial charge < -0.3 is 5.32 Å². The summed E-state index contributed by atoms with van der Waals surface area (Å²) in [6.45, 7) is 17.3. The van der Waals surface area contributed by atoms with Crippen LogP contribution in [0.5, 0.6) is 0 Å². The highest BCUT2D eigenvalue weighted by atomic mass is 15.0. The van der Waals surface area contributed by atoms with E-state index in [0.717, 1.165) is 12.5 Å². The van der Waals surface area contributed by atoms with Crippen LogP contribution in [0.3, 0.4) is 0 Å². The van der Waals surface area contributed by atoms with Crippen LogP contribution in [-0.2, 0) is 5.41 Å². The molecule has 1 aromatic rings. The quantitative estimate of drug-likeness (QED) is 0.817. The number of rotatable bonds is 3. The minimum atomic E-state index is 0.183. The van der Waals surface area contributed by atoms with E-state index in [-0.39, 0.29) is 5.54 Å². The number of aryl methyl sites for hydroxylation is 1. The Hall–Kier alpha value is -0.820. The molecule has 0 unspecified atom stereocenters. The first-order valence-electron chi connectivity index (χ1n) is 8.35. The van der Waals surface area contributed by atoms with Crippen molar-refractivity contribution in [3.05, 3.63) is 35.4 Å². The number of nitrogens with one attached hydrogen (secondary N) is 1. The minimum absolute atomic E-state index is 0.183. The molecule has 2 rings (SSSR count). The molecule has 0 aromatic heterocycles. The average molecular weight is 287 g/mol. The summed E-state index contributed by atoms with van der Waals surface area (Å²) >= 11 is 0. The van der Waals surface area contributed by atoms with Crippen molar-refractivity contribution in [1.29, 1.82) is 0 Å². The van der Waals surface area contributed by atoms with E-state index < -0.39 is 0 Å². The summed E-state index contributed by atoms with van der Waals surface area (Å²) in [5, 5.41) is 3.76. The Morgan fingerprint density at radius 1 is 1.05 bits per heavy atom. The third kappa shape index (κ3) is 3.69. The van der Waals surface area contributed by atoms with E-state index in [1.165, 1.54) is 18.4 Å². The van der Waals surface area contributed by atoms with Crippen LogP contribution < -0.4 is 5.32 Å². The van der Waals surface area contributed by atoms with Gasteiger partial charge in [-0.1, -0.05) is 45.0 Å². The van der Waals surface area contributed by atoms with Gasteiger partial charge in [0, 0.05) is 17.5 Å². The lowest BCUT2D eigenvalue weighted by Crippen LogP contribution is -2.55. The van der Waals surface area contributed by atoms with E-state index in [0.29, 0.717) is 10.8 Å². The Kier molecular flexibility index (Phi) is 4.28. The van der Waals surface area contributed by atoms with Crippen molar-refractivity contribution in [3.63, 3.8) is 0 Å². The van der Waals surface area contributed by atoms with Gasteiger partial charge in [0.25, 0.3) is 0 Å². The van der Waals surface area contributed by atoms with Gasteiger partial charge in [0.2, 0.25) is 0 Å². The molecule has 0 aliphatic heterocycles. The smallest absolute Gasteiger partial charge is 0.00968 e. The average Bonchev–Trinajstić information content (AvgIpc) is 2.26. The molecule has 1 aromatic carbocycles. The van der Waals surface area contributed by atoms with Gasteiger partial charge >= 0.3 is 0 Å². The third-order valence-electron chi connectivity index (χ3n) is 5.17. The molecule has 21 heavy (non-hydrogen) atoms. The Labute approximate surface area is 131 Å². The summed E-state index contributed by atoms with van der Waals surface area (Å²) in [6, 6.07) is 8.96. The molecule has 0 heterocycles. The van der Waals surface area contributed by atoms with Crippen LogP contribution in [0.1, 0.15) is 65.5 Å². The Morgan fingerprint density at radius 2 is 1.62 bits per heavy atom. The highest BCUT2D eigenvalue weighted by Crippen LogP contribution is 2.54. The van der Waals surface area contributed by atoms with E-state index in [1.54, 1.807) is 5.56 Å². The maximum absolute atomic E-state index is 3.76. The lowest BCUT2D eigenvalue weighted by atomic mass is 9.52. The lowest BCUT2D eigenvalue weighted by molar-refractivity contribution is 0.0407. The molecule has 1 heteroatoms. The molecule has 0 bridgehead atoms. The van der Waals surface area contributed by atoms with Crippen molar-refractivity contribution < 1.29 is 0 Å². The Morgan fingerprint density at radius 3 is 2.10 bits per heavy atom. The van der Waals surface area contributed by atoms with E-state index in [9.17, 15) is 0 Å². The topological polar surface area (TPSA) is 12.0 Å². The van der Waals surface area contributed by atoms with Crippen molar-refractivity contribution >= 4 is 0 Å². The first-order chi connectivity index (χ1) is 9.54. The van der Waals surface area contributed by atoms with Crippen molar-refractivity contribution in [1.82, 2.24) is 5.32 Å². The normalized spacial score (nSPS) is 26.5. The zero-order valence-corrected chi connectivity index (χ0v) is 15.0. The fourth-order valence-electron chi connectivity index (χ4n) is 3.56. The first-order valence-corrected chi connectivity index (χ1v) is 8.35. The molecule has 1 saturated carbocycles. The van der Waals surface area contributed by atoms with Gasteiger partial charge in [-0.3, -0.25) is 0 Å². The fourth-order valence-corrected chi connectivity index (χ4v) is 3.56. The fraction of sp³-hybridized carbons (Fsp3) is 0.700. The molecular weight excluding hydrogens is 254 g/mol.